The summed E-state index contributed by atoms with van der Waals surface area (Å²) in [5.41, 5.74) is 6.46. The third-order valence-corrected chi connectivity index (χ3v) is 3.26. The first kappa shape index (κ1) is 12.7. The molecular formula is C13H17FN4. The van der Waals surface area contributed by atoms with Gasteiger partial charge in [-0.05, 0) is 18.6 Å². The van der Waals surface area contributed by atoms with Crippen molar-refractivity contribution in [1.29, 1.82) is 0 Å². The molecule has 0 radical (unpaired) electrons. The smallest absolute Gasteiger partial charge is 0.141 e. The molecule has 2 aromatic rings. The Bertz CT molecular complexity index is 520. The molecule has 96 valence electrons. The molecule has 0 amide bonds. The fraction of sp³-hybridized carbons (Fsp3) is 0.385. The van der Waals surface area contributed by atoms with Crippen molar-refractivity contribution >= 4 is 0 Å². The van der Waals surface area contributed by atoms with E-state index in [1.165, 1.54) is 12.3 Å². The maximum atomic E-state index is 12.9. The van der Waals surface area contributed by atoms with Crippen molar-refractivity contribution in [2.24, 2.45) is 12.8 Å². The van der Waals surface area contributed by atoms with Crippen LogP contribution < -0.4 is 5.73 Å². The van der Waals surface area contributed by atoms with E-state index in [0.717, 1.165) is 5.82 Å². The van der Waals surface area contributed by atoms with E-state index in [1.807, 2.05) is 24.7 Å². The normalized spacial score (nSPS) is 14.4. The van der Waals surface area contributed by atoms with E-state index in [4.69, 9.17) is 5.73 Å². The lowest BCUT2D eigenvalue weighted by Crippen LogP contribution is -2.40. The topological polar surface area (TPSA) is 56.7 Å². The van der Waals surface area contributed by atoms with Gasteiger partial charge in [-0.1, -0.05) is 6.92 Å². The molecule has 1 unspecified atom stereocenters. The molecule has 0 aliphatic heterocycles. The van der Waals surface area contributed by atoms with Crippen LogP contribution in [-0.2, 0) is 19.0 Å². The van der Waals surface area contributed by atoms with Crippen molar-refractivity contribution in [3.63, 3.8) is 0 Å². The third kappa shape index (κ3) is 2.41. The molecule has 0 fully saturated rings. The van der Waals surface area contributed by atoms with Crippen molar-refractivity contribution in [1.82, 2.24) is 14.5 Å². The minimum atomic E-state index is -0.618. The van der Waals surface area contributed by atoms with Crippen molar-refractivity contribution in [2.75, 3.05) is 0 Å². The van der Waals surface area contributed by atoms with Gasteiger partial charge in [0, 0.05) is 25.9 Å². The highest BCUT2D eigenvalue weighted by molar-refractivity contribution is 5.18. The lowest BCUT2D eigenvalue weighted by atomic mass is 9.88. The highest BCUT2D eigenvalue weighted by Gasteiger charge is 2.28. The van der Waals surface area contributed by atoms with Crippen LogP contribution in [0.3, 0.4) is 0 Å². The number of hydrogen-bond acceptors (Lipinski definition) is 3. The van der Waals surface area contributed by atoms with Gasteiger partial charge in [0.1, 0.15) is 11.6 Å². The summed E-state index contributed by atoms with van der Waals surface area (Å²) in [5, 5.41) is 0. The Kier molecular flexibility index (Phi) is 3.43. The van der Waals surface area contributed by atoms with Crippen LogP contribution in [-0.4, -0.2) is 14.5 Å². The fourth-order valence-corrected chi connectivity index (χ4v) is 1.92. The molecule has 0 saturated heterocycles. The Labute approximate surface area is 106 Å². The number of halogens is 1. The van der Waals surface area contributed by atoms with Gasteiger partial charge < -0.3 is 10.3 Å². The van der Waals surface area contributed by atoms with E-state index in [0.29, 0.717) is 18.5 Å². The van der Waals surface area contributed by atoms with Gasteiger partial charge in [0.25, 0.3) is 0 Å². The number of rotatable bonds is 4. The number of nitrogens with zero attached hydrogens (tertiary/aromatic N) is 3. The molecule has 0 saturated carbocycles. The molecule has 4 nitrogen and oxygen atoms in total. The van der Waals surface area contributed by atoms with Crippen LogP contribution in [0.4, 0.5) is 4.39 Å². The highest BCUT2D eigenvalue weighted by Crippen LogP contribution is 2.24. The summed E-state index contributed by atoms with van der Waals surface area (Å²) in [5.74, 6) is 0.541. The third-order valence-electron chi connectivity index (χ3n) is 3.26. The molecule has 2 aromatic heterocycles. The van der Waals surface area contributed by atoms with Crippen LogP contribution in [0.2, 0.25) is 0 Å². The zero-order chi connectivity index (χ0) is 13.2. The van der Waals surface area contributed by atoms with Gasteiger partial charge in [-0.25, -0.2) is 9.37 Å². The van der Waals surface area contributed by atoms with Crippen LogP contribution in [0.25, 0.3) is 0 Å². The molecule has 1 atom stereocenters. The average Bonchev–Trinajstić information content (AvgIpc) is 2.75. The zero-order valence-electron chi connectivity index (χ0n) is 10.6. The average molecular weight is 248 g/mol. The van der Waals surface area contributed by atoms with Gasteiger partial charge >= 0.3 is 0 Å². The summed E-state index contributed by atoms with van der Waals surface area (Å²) in [4.78, 5) is 8.37. The van der Waals surface area contributed by atoms with E-state index in [1.54, 1.807) is 12.3 Å². The van der Waals surface area contributed by atoms with Crippen LogP contribution in [0.1, 0.15) is 24.9 Å². The van der Waals surface area contributed by atoms with Crippen molar-refractivity contribution < 1.29 is 4.39 Å². The minimum absolute atomic E-state index is 0.353. The minimum Gasteiger partial charge on any atom is -0.338 e. The molecular weight excluding hydrogens is 231 g/mol. The van der Waals surface area contributed by atoms with Gasteiger partial charge in [0.2, 0.25) is 0 Å². The standard InChI is InChI=1S/C13H17FN4/c1-3-13(15,8-12-16-6-7-18(12)2)11-5-4-10(14)9-17-11/h4-7,9H,3,8,15H2,1-2H3. The maximum absolute atomic E-state index is 12.9. The molecule has 0 aromatic carbocycles. The largest absolute Gasteiger partial charge is 0.338 e. The van der Waals surface area contributed by atoms with Gasteiger partial charge in [-0.3, -0.25) is 4.98 Å². The molecule has 2 rings (SSSR count). The summed E-state index contributed by atoms with van der Waals surface area (Å²) in [6.45, 7) is 1.99. The Morgan fingerprint density at radius 1 is 1.39 bits per heavy atom. The Morgan fingerprint density at radius 2 is 2.17 bits per heavy atom. The van der Waals surface area contributed by atoms with E-state index in [9.17, 15) is 4.39 Å². The van der Waals surface area contributed by atoms with Gasteiger partial charge in [-0.15, -0.1) is 0 Å². The number of aromatic nitrogens is 3. The first-order valence-electron chi connectivity index (χ1n) is 5.92. The second-order valence-corrected chi connectivity index (χ2v) is 4.50. The predicted octanol–water partition coefficient (Wildman–Crippen LogP) is 1.76. The maximum Gasteiger partial charge on any atom is 0.141 e. The van der Waals surface area contributed by atoms with Gasteiger partial charge in [-0.2, -0.15) is 0 Å². The molecule has 0 aliphatic carbocycles. The van der Waals surface area contributed by atoms with E-state index < -0.39 is 5.54 Å². The number of nitrogens with two attached hydrogens (primary N) is 1. The highest BCUT2D eigenvalue weighted by atomic mass is 19.1. The first-order valence-corrected chi connectivity index (χ1v) is 5.92. The molecule has 0 spiro atoms. The summed E-state index contributed by atoms with van der Waals surface area (Å²) in [7, 11) is 1.93. The summed E-state index contributed by atoms with van der Waals surface area (Å²) < 4.78 is 14.8. The molecule has 0 aliphatic rings. The summed E-state index contributed by atoms with van der Waals surface area (Å²) in [6, 6.07) is 3.03. The predicted molar refractivity (Wildman–Crippen MR) is 67.3 cm³/mol. The lowest BCUT2D eigenvalue weighted by molar-refractivity contribution is 0.397. The molecule has 18 heavy (non-hydrogen) atoms. The van der Waals surface area contributed by atoms with Crippen LogP contribution in [0, 0.1) is 5.82 Å². The molecule has 2 N–H and O–H groups in total. The summed E-state index contributed by atoms with van der Waals surface area (Å²) >= 11 is 0. The van der Waals surface area contributed by atoms with Gasteiger partial charge in [0.15, 0.2) is 0 Å². The monoisotopic (exact) mass is 248 g/mol. The Morgan fingerprint density at radius 3 is 2.67 bits per heavy atom. The second-order valence-electron chi connectivity index (χ2n) is 4.50. The van der Waals surface area contributed by atoms with Crippen LogP contribution in [0.5, 0.6) is 0 Å². The second kappa shape index (κ2) is 4.86. The van der Waals surface area contributed by atoms with E-state index in [2.05, 4.69) is 9.97 Å². The van der Waals surface area contributed by atoms with Crippen LogP contribution >= 0.6 is 0 Å². The molecule has 5 heteroatoms. The zero-order valence-corrected chi connectivity index (χ0v) is 10.6. The van der Waals surface area contributed by atoms with E-state index in [-0.39, 0.29) is 5.82 Å². The lowest BCUT2D eigenvalue weighted by Gasteiger charge is -2.27. The Balaban J connectivity index is 2.30. The first-order chi connectivity index (χ1) is 8.55. The van der Waals surface area contributed by atoms with Gasteiger partial charge in [0.05, 0.1) is 17.4 Å². The molecule has 0 bridgehead atoms. The number of pyridine rings is 1. The number of hydrogen-bond donors (Lipinski definition) is 1. The van der Waals surface area contributed by atoms with Crippen molar-refractivity contribution in [2.45, 2.75) is 25.3 Å². The van der Waals surface area contributed by atoms with Crippen LogP contribution in [0.15, 0.2) is 30.7 Å². The quantitative estimate of drug-likeness (QED) is 0.897. The van der Waals surface area contributed by atoms with Crippen molar-refractivity contribution in [3.8, 4) is 0 Å². The fourth-order valence-electron chi connectivity index (χ4n) is 1.92. The summed E-state index contributed by atoms with van der Waals surface area (Å²) in [6.07, 6.45) is 6.10. The number of aryl methyl sites for hydroxylation is 1. The van der Waals surface area contributed by atoms with E-state index >= 15 is 0 Å². The SMILES string of the molecule is CCC(N)(Cc1nccn1C)c1ccc(F)cn1. The molecule has 2 heterocycles. The number of imidazole rings is 1. The van der Waals surface area contributed by atoms with Crippen molar-refractivity contribution in [3.05, 3.63) is 48.1 Å². The Hall–Kier alpha value is -1.75.